The van der Waals surface area contributed by atoms with Gasteiger partial charge in [-0.2, -0.15) is 0 Å². The lowest BCUT2D eigenvalue weighted by Gasteiger charge is -2.19. The van der Waals surface area contributed by atoms with Gasteiger partial charge in [0, 0.05) is 28.2 Å². The van der Waals surface area contributed by atoms with Crippen molar-refractivity contribution >= 4 is 28.4 Å². The second-order valence-electron chi connectivity index (χ2n) is 9.72. The SMILES string of the molecule is Cc1ccccc1-n1c(SCC(=O)c2c[nH]c3ccccc23)nnc1-c1ccc(C(C)(C)C)cc1. The molecule has 3 aromatic carbocycles. The molecular weight excluding hydrogens is 452 g/mol. The van der Waals surface area contributed by atoms with Gasteiger partial charge in [-0.25, -0.2) is 0 Å². The van der Waals surface area contributed by atoms with Crippen LogP contribution in [0.5, 0.6) is 0 Å². The van der Waals surface area contributed by atoms with Gasteiger partial charge in [0.2, 0.25) is 0 Å². The van der Waals surface area contributed by atoms with E-state index in [1.165, 1.54) is 17.3 Å². The number of aryl methyl sites for hydroxylation is 1. The molecule has 0 bridgehead atoms. The van der Waals surface area contributed by atoms with E-state index in [9.17, 15) is 4.79 Å². The highest BCUT2D eigenvalue weighted by atomic mass is 32.2. The predicted molar refractivity (Wildman–Crippen MR) is 144 cm³/mol. The molecule has 0 spiro atoms. The third-order valence-corrected chi connectivity index (χ3v) is 7.15. The van der Waals surface area contributed by atoms with Crippen LogP contribution in [0, 0.1) is 6.92 Å². The monoisotopic (exact) mass is 480 g/mol. The van der Waals surface area contributed by atoms with Crippen molar-refractivity contribution in [3.63, 3.8) is 0 Å². The molecule has 6 heteroatoms. The second kappa shape index (κ2) is 9.19. The fraction of sp³-hybridized carbons (Fsp3) is 0.207. The van der Waals surface area contributed by atoms with Crippen molar-refractivity contribution < 1.29 is 4.79 Å². The molecule has 176 valence electrons. The lowest BCUT2D eigenvalue weighted by molar-refractivity contribution is 0.102. The summed E-state index contributed by atoms with van der Waals surface area (Å²) in [5.74, 6) is 1.10. The summed E-state index contributed by atoms with van der Waals surface area (Å²) in [4.78, 5) is 16.3. The van der Waals surface area contributed by atoms with Crippen LogP contribution in [-0.2, 0) is 5.41 Å². The van der Waals surface area contributed by atoms with Crippen molar-refractivity contribution in [2.24, 2.45) is 0 Å². The van der Waals surface area contributed by atoms with E-state index in [1.54, 1.807) is 6.20 Å². The maximum atomic E-state index is 13.1. The number of H-pyrrole nitrogens is 1. The van der Waals surface area contributed by atoms with E-state index in [2.05, 4.69) is 83.8 Å². The van der Waals surface area contributed by atoms with Crippen LogP contribution in [0.25, 0.3) is 28.0 Å². The predicted octanol–water partition coefficient (Wildman–Crippen LogP) is 7.00. The van der Waals surface area contributed by atoms with Gasteiger partial charge in [-0.3, -0.25) is 9.36 Å². The van der Waals surface area contributed by atoms with Gasteiger partial charge >= 0.3 is 0 Å². The number of nitrogens with one attached hydrogen (secondary N) is 1. The largest absolute Gasteiger partial charge is 0.360 e. The van der Waals surface area contributed by atoms with E-state index >= 15 is 0 Å². The van der Waals surface area contributed by atoms with E-state index in [0.717, 1.165) is 33.5 Å². The number of rotatable bonds is 6. The first-order valence-electron chi connectivity index (χ1n) is 11.7. The van der Waals surface area contributed by atoms with E-state index in [4.69, 9.17) is 0 Å². The van der Waals surface area contributed by atoms with E-state index in [0.29, 0.717) is 10.7 Å². The van der Waals surface area contributed by atoms with Crippen LogP contribution in [0.3, 0.4) is 0 Å². The molecule has 0 radical (unpaired) electrons. The molecule has 35 heavy (non-hydrogen) atoms. The number of aromatic amines is 1. The molecule has 5 rings (SSSR count). The molecule has 5 nitrogen and oxygen atoms in total. The van der Waals surface area contributed by atoms with Crippen LogP contribution in [0.2, 0.25) is 0 Å². The smallest absolute Gasteiger partial charge is 0.196 e. The zero-order valence-electron chi connectivity index (χ0n) is 20.4. The molecule has 0 unspecified atom stereocenters. The van der Waals surface area contributed by atoms with Crippen LogP contribution >= 0.6 is 11.8 Å². The molecule has 0 saturated heterocycles. The molecule has 1 N–H and O–H groups in total. The first-order chi connectivity index (χ1) is 16.8. The van der Waals surface area contributed by atoms with Gasteiger partial charge in [0.15, 0.2) is 16.8 Å². The van der Waals surface area contributed by atoms with Gasteiger partial charge in [0.1, 0.15) is 0 Å². The fourth-order valence-corrected chi connectivity index (χ4v) is 5.04. The van der Waals surface area contributed by atoms with E-state index in [-0.39, 0.29) is 17.0 Å². The summed E-state index contributed by atoms with van der Waals surface area (Å²) < 4.78 is 2.06. The number of carbonyl (C=O) groups excluding carboxylic acids is 1. The highest BCUT2D eigenvalue weighted by Gasteiger charge is 2.21. The summed E-state index contributed by atoms with van der Waals surface area (Å²) in [5.41, 5.74) is 6.12. The van der Waals surface area contributed by atoms with E-state index in [1.807, 2.05) is 36.4 Å². The Morgan fingerprint density at radius 3 is 2.40 bits per heavy atom. The molecule has 5 aromatic rings. The Hall–Kier alpha value is -3.64. The highest BCUT2D eigenvalue weighted by Crippen LogP contribution is 2.32. The fourth-order valence-electron chi connectivity index (χ4n) is 4.21. The summed E-state index contributed by atoms with van der Waals surface area (Å²) in [5, 5.41) is 10.7. The van der Waals surface area contributed by atoms with Crippen LogP contribution < -0.4 is 0 Å². The summed E-state index contributed by atoms with van der Waals surface area (Å²) in [6.45, 7) is 8.69. The first-order valence-corrected chi connectivity index (χ1v) is 12.7. The number of benzene rings is 3. The lowest BCUT2D eigenvalue weighted by atomic mass is 9.87. The summed E-state index contributed by atoms with van der Waals surface area (Å²) in [7, 11) is 0. The topological polar surface area (TPSA) is 63.6 Å². The number of fused-ring (bicyclic) bond motifs is 1. The summed E-state index contributed by atoms with van der Waals surface area (Å²) in [6.07, 6.45) is 1.79. The Balaban J connectivity index is 1.50. The van der Waals surface area contributed by atoms with Crippen molar-refractivity contribution in [1.82, 2.24) is 19.7 Å². The number of thioether (sulfide) groups is 1. The van der Waals surface area contributed by atoms with Gasteiger partial charge in [0.25, 0.3) is 0 Å². The zero-order valence-corrected chi connectivity index (χ0v) is 21.2. The molecule has 0 aliphatic rings. The first kappa shape index (κ1) is 23.1. The van der Waals surface area contributed by atoms with Crippen LogP contribution in [0.15, 0.2) is 84.1 Å². The molecular formula is C29H28N4OS. The van der Waals surface area contributed by atoms with Crippen molar-refractivity contribution in [2.75, 3.05) is 5.75 Å². The number of carbonyl (C=O) groups is 1. The number of hydrogen-bond acceptors (Lipinski definition) is 4. The van der Waals surface area contributed by atoms with Crippen LogP contribution in [0.4, 0.5) is 0 Å². The number of Topliss-reactive ketones (excluding diaryl/α,β-unsaturated/α-hetero) is 1. The molecule has 0 saturated carbocycles. The normalized spacial score (nSPS) is 11.8. The molecule has 2 aromatic heterocycles. The van der Waals surface area contributed by atoms with Gasteiger partial charge in [0.05, 0.1) is 11.4 Å². The van der Waals surface area contributed by atoms with Crippen molar-refractivity contribution in [2.45, 2.75) is 38.3 Å². The Kier molecular flexibility index (Phi) is 6.07. The standard InChI is InChI=1S/C29H28N4OS/c1-19-9-5-8-12-25(19)33-27(20-13-15-21(16-14-20)29(2,3)4)31-32-28(33)35-18-26(34)23-17-30-24-11-7-6-10-22(23)24/h5-17,30H,18H2,1-4H3. The van der Waals surface area contributed by atoms with Crippen molar-refractivity contribution in [3.8, 4) is 17.1 Å². The van der Waals surface area contributed by atoms with Crippen LogP contribution in [0.1, 0.15) is 42.3 Å². The maximum Gasteiger partial charge on any atom is 0.196 e. The molecule has 2 heterocycles. The Bertz CT molecular complexity index is 1510. The molecule has 0 fully saturated rings. The van der Waals surface area contributed by atoms with Gasteiger partial charge < -0.3 is 4.98 Å². The summed E-state index contributed by atoms with van der Waals surface area (Å²) >= 11 is 1.41. The number of aromatic nitrogens is 4. The highest BCUT2D eigenvalue weighted by molar-refractivity contribution is 7.99. The quantitative estimate of drug-likeness (QED) is 0.210. The average molecular weight is 481 g/mol. The Labute approximate surface area is 209 Å². The zero-order chi connectivity index (χ0) is 24.6. The van der Waals surface area contributed by atoms with Gasteiger partial charge in [-0.15, -0.1) is 10.2 Å². The van der Waals surface area contributed by atoms with Crippen molar-refractivity contribution in [1.29, 1.82) is 0 Å². The average Bonchev–Trinajstić information content (AvgIpc) is 3.47. The number of para-hydroxylation sites is 2. The van der Waals surface area contributed by atoms with Crippen LogP contribution in [-0.4, -0.2) is 31.3 Å². The summed E-state index contributed by atoms with van der Waals surface area (Å²) in [6, 6.07) is 24.5. The van der Waals surface area contributed by atoms with Crippen molar-refractivity contribution in [3.05, 3.63) is 95.7 Å². The minimum absolute atomic E-state index is 0.0582. The number of nitrogens with zero attached hydrogens (tertiary/aromatic N) is 3. The maximum absolute atomic E-state index is 13.1. The van der Waals surface area contributed by atoms with Gasteiger partial charge in [-0.1, -0.05) is 93.2 Å². The number of hydrogen-bond donors (Lipinski definition) is 1. The molecule has 0 amide bonds. The lowest BCUT2D eigenvalue weighted by Crippen LogP contribution is -2.10. The van der Waals surface area contributed by atoms with E-state index < -0.39 is 0 Å². The Morgan fingerprint density at radius 1 is 0.943 bits per heavy atom. The molecule has 0 aliphatic heterocycles. The minimum atomic E-state index is 0.0582. The third kappa shape index (κ3) is 4.54. The minimum Gasteiger partial charge on any atom is -0.360 e. The Morgan fingerprint density at radius 2 is 1.66 bits per heavy atom. The van der Waals surface area contributed by atoms with Gasteiger partial charge in [-0.05, 0) is 35.6 Å². The molecule has 0 atom stereocenters. The second-order valence-corrected chi connectivity index (χ2v) is 10.7. The molecule has 0 aliphatic carbocycles. The number of ketones is 1. The third-order valence-electron chi connectivity index (χ3n) is 6.22.